The van der Waals surface area contributed by atoms with Gasteiger partial charge < -0.3 is 0 Å². The molecule has 0 bridgehead atoms. The van der Waals surface area contributed by atoms with Gasteiger partial charge >= 0.3 is 10.3 Å². The predicted octanol–water partition coefficient (Wildman–Crippen LogP) is -2.78. The molecule has 0 rings (SSSR count). The van der Waals surface area contributed by atoms with E-state index in [-0.39, 0.29) is 118 Å². The maximum Gasteiger partial charge on any atom is 0.330 e. The van der Waals surface area contributed by atoms with E-state index >= 15 is 0 Å². The molecule has 0 spiro atoms. The molecule has 0 saturated carbocycles. The fourth-order valence-electron chi connectivity index (χ4n) is 0. The molecule has 0 saturated heterocycles. The summed E-state index contributed by atoms with van der Waals surface area (Å²) in [5, 5.41) is 3.88. The van der Waals surface area contributed by atoms with Crippen molar-refractivity contribution >= 4 is 129 Å². The third-order valence-corrected chi connectivity index (χ3v) is 0. The summed E-state index contributed by atoms with van der Waals surface area (Å²) in [5.74, 6) is 0. The molecule has 0 unspecified atom stereocenters. The number of hydrogen-bond acceptors (Lipinski definition) is 2. The van der Waals surface area contributed by atoms with Crippen LogP contribution in [0, 0.1) is 0 Å². The fraction of sp³-hybridized carbons (Fsp3) is 0. The van der Waals surface area contributed by atoms with Gasteiger partial charge in [-0.25, -0.2) is 5.14 Å². The zero-order valence-corrected chi connectivity index (χ0v) is 15.1. The summed E-state index contributed by atoms with van der Waals surface area (Å²) in [5.41, 5.74) is 0. The monoisotopic (exact) mass is 189 g/mol. The van der Waals surface area contributed by atoms with Crippen LogP contribution >= 0.6 is 0 Å². The molecule has 0 heterocycles. The summed E-state index contributed by atoms with van der Waals surface area (Å²) < 4.78 is 25.2. The van der Waals surface area contributed by atoms with Gasteiger partial charge in [-0.3, -0.25) is 4.55 Å². The van der Waals surface area contributed by atoms with Gasteiger partial charge in [0.05, 0.1) is 0 Å². The Morgan fingerprint density at radius 2 is 1.00 bits per heavy atom. The molecule has 0 aromatic carbocycles. The van der Waals surface area contributed by atoms with Crippen LogP contribution in [-0.2, 0) is 10.3 Å². The summed E-state index contributed by atoms with van der Waals surface area (Å²) in [6.07, 6.45) is 0. The van der Waals surface area contributed by atoms with Crippen LogP contribution in [0.1, 0.15) is 0 Å². The van der Waals surface area contributed by atoms with Crippen LogP contribution in [0.2, 0.25) is 0 Å². The van der Waals surface area contributed by atoms with Gasteiger partial charge in [0.15, 0.2) is 0 Å². The topological polar surface area (TPSA) is 80.4 Å². The van der Waals surface area contributed by atoms with Gasteiger partial charge in [0, 0.05) is 118 Å². The molecule has 9 heteroatoms. The molecular formula is H3NNa4O3S. The van der Waals surface area contributed by atoms with Gasteiger partial charge in [0.25, 0.3) is 0 Å². The Labute approximate surface area is 143 Å². The minimum atomic E-state index is -4.17. The van der Waals surface area contributed by atoms with E-state index in [2.05, 4.69) is 5.14 Å². The van der Waals surface area contributed by atoms with Gasteiger partial charge in [-0.1, -0.05) is 0 Å². The van der Waals surface area contributed by atoms with Gasteiger partial charge in [-0.15, -0.1) is 0 Å². The van der Waals surface area contributed by atoms with Crippen LogP contribution in [0.25, 0.3) is 0 Å². The van der Waals surface area contributed by atoms with Crippen molar-refractivity contribution in [1.29, 1.82) is 0 Å². The summed E-state index contributed by atoms with van der Waals surface area (Å²) in [4.78, 5) is 0. The number of hydrogen-bond donors (Lipinski definition) is 2. The molecule has 0 aromatic heterocycles. The first-order valence-electron chi connectivity index (χ1n) is 0.752. The molecular weight excluding hydrogens is 186 g/mol. The van der Waals surface area contributed by atoms with Crippen molar-refractivity contribution in [2.75, 3.05) is 0 Å². The summed E-state index contributed by atoms with van der Waals surface area (Å²) in [6.45, 7) is 0. The maximum absolute atomic E-state index is 8.97. The van der Waals surface area contributed by atoms with E-state index in [0.717, 1.165) is 0 Å². The zero-order valence-electron chi connectivity index (χ0n) is 6.25. The quantitative estimate of drug-likeness (QED) is 0.319. The molecule has 9 heavy (non-hydrogen) atoms. The van der Waals surface area contributed by atoms with Crippen molar-refractivity contribution in [2.24, 2.45) is 5.14 Å². The summed E-state index contributed by atoms with van der Waals surface area (Å²) >= 11 is 0. The van der Waals surface area contributed by atoms with E-state index in [9.17, 15) is 0 Å². The standard InChI is InChI=1S/H3NO3S.4Na/c1-5(2,3)4;;;;/h(H3,1,2,3,4);;;;. The third kappa shape index (κ3) is 77.2. The first-order valence-corrected chi connectivity index (χ1v) is 2.25. The first-order chi connectivity index (χ1) is 2.00. The molecule has 0 amide bonds. The van der Waals surface area contributed by atoms with Crippen LogP contribution in [0.4, 0.5) is 0 Å². The van der Waals surface area contributed by atoms with E-state index in [4.69, 9.17) is 13.0 Å². The Morgan fingerprint density at radius 3 is 1.00 bits per heavy atom. The largest absolute Gasteiger partial charge is 0.330 e. The van der Waals surface area contributed by atoms with Crippen molar-refractivity contribution < 1.29 is 13.0 Å². The van der Waals surface area contributed by atoms with E-state index in [1.807, 2.05) is 0 Å². The fourth-order valence-corrected chi connectivity index (χ4v) is 0. The molecule has 0 atom stereocenters. The molecule has 0 aliphatic heterocycles. The Balaban J connectivity index is -0.0000000133. The third-order valence-electron chi connectivity index (χ3n) is 0. The zero-order chi connectivity index (χ0) is 4.50. The van der Waals surface area contributed by atoms with Gasteiger partial charge in [0.2, 0.25) is 0 Å². The summed E-state index contributed by atoms with van der Waals surface area (Å²) in [6, 6.07) is 0. The second kappa shape index (κ2) is 14.4. The van der Waals surface area contributed by atoms with Crippen molar-refractivity contribution in [3.8, 4) is 0 Å². The van der Waals surface area contributed by atoms with Gasteiger partial charge in [0.1, 0.15) is 0 Å². The van der Waals surface area contributed by atoms with Crippen molar-refractivity contribution in [1.82, 2.24) is 0 Å². The molecule has 0 aromatic rings. The van der Waals surface area contributed by atoms with Crippen LogP contribution in [0.3, 0.4) is 0 Å². The molecule has 0 fully saturated rings. The number of rotatable bonds is 0. The van der Waals surface area contributed by atoms with E-state index in [1.165, 1.54) is 0 Å². The van der Waals surface area contributed by atoms with Crippen molar-refractivity contribution in [2.45, 2.75) is 0 Å². The second-order valence-corrected chi connectivity index (χ2v) is 1.54. The minimum Gasteiger partial charge on any atom is -0.274 e. The van der Waals surface area contributed by atoms with Gasteiger partial charge in [-0.2, -0.15) is 8.42 Å². The van der Waals surface area contributed by atoms with Crippen molar-refractivity contribution in [3.63, 3.8) is 0 Å². The Morgan fingerprint density at radius 1 is 1.00 bits per heavy atom. The van der Waals surface area contributed by atoms with E-state index in [1.54, 1.807) is 0 Å². The average Bonchev–Trinajstić information content (AvgIpc) is 0.722. The van der Waals surface area contributed by atoms with Crippen molar-refractivity contribution in [3.05, 3.63) is 0 Å². The average molecular weight is 189 g/mol. The molecule has 4 radical (unpaired) electrons. The Kier molecular flexibility index (Phi) is 46.8. The normalized spacial score (nSPS) is 6.44. The smallest absolute Gasteiger partial charge is 0.274 e. The van der Waals surface area contributed by atoms with Gasteiger partial charge in [-0.05, 0) is 0 Å². The van der Waals surface area contributed by atoms with Crippen LogP contribution in [-0.4, -0.2) is 131 Å². The first kappa shape index (κ1) is 29.3. The van der Waals surface area contributed by atoms with Crippen LogP contribution in [0.15, 0.2) is 0 Å². The second-order valence-electron chi connectivity index (χ2n) is 0.515. The summed E-state index contributed by atoms with van der Waals surface area (Å²) in [7, 11) is -4.17. The SMILES string of the molecule is NS(=O)(=O)O.[Na].[Na].[Na].[Na]. The minimum absolute atomic E-state index is 0. The number of nitrogens with two attached hydrogens (primary N) is 1. The molecule has 0 aliphatic rings. The molecule has 3 N–H and O–H groups in total. The molecule has 36 valence electrons. The Bertz CT molecular complexity index is 99.0. The predicted molar refractivity (Wildman–Crippen MR) is 38.8 cm³/mol. The maximum atomic E-state index is 8.97. The molecule has 0 aliphatic carbocycles. The Hall–Kier alpha value is 3.87. The van der Waals surface area contributed by atoms with Crippen LogP contribution < -0.4 is 5.14 Å². The van der Waals surface area contributed by atoms with E-state index in [0.29, 0.717) is 0 Å². The molecule has 4 nitrogen and oxygen atoms in total. The van der Waals surface area contributed by atoms with E-state index < -0.39 is 10.3 Å². The van der Waals surface area contributed by atoms with Crippen LogP contribution in [0.5, 0.6) is 0 Å².